The van der Waals surface area contributed by atoms with Gasteiger partial charge in [-0.25, -0.2) is 19.0 Å². The van der Waals surface area contributed by atoms with Crippen LogP contribution in [0.1, 0.15) is 35.7 Å². The molecule has 0 aliphatic heterocycles. The van der Waals surface area contributed by atoms with Gasteiger partial charge in [0.15, 0.2) is 12.4 Å². The van der Waals surface area contributed by atoms with Crippen molar-refractivity contribution in [3.63, 3.8) is 0 Å². The summed E-state index contributed by atoms with van der Waals surface area (Å²) in [6.45, 7) is 3.97. The number of hydrogen-bond acceptors (Lipinski definition) is 5. The number of rotatable bonds is 7. The van der Waals surface area contributed by atoms with Crippen molar-refractivity contribution >= 4 is 12.0 Å². The smallest absolute Gasteiger partial charge is 0.338 e. The van der Waals surface area contributed by atoms with E-state index >= 15 is 0 Å². The second-order valence-corrected chi connectivity index (χ2v) is 6.88. The van der Waals surface area contributed by atoms with E-state index in [1.54, 1.807) is 36.4 Å². The first-order chi connectivity index (χ1) is 14.4. The number of hydrogen-bond donors (Lipinski definition) is 2. The lowest BCUT2D eigenvalue weighted by Crippen LogP contribution is -2.39. The lowest BCUT2D eigenvalue weighted by Gasteiger charge is -2.10. The van der Waals surface area contributed by atoms with Gasteiger partial charge in [-0.1, -0.05) is 12.1 Å². The third-order valence-corrected chi connectivity index (χ3v) is 4.07. The molecule has 0 saturated heterocycles. The van der Waals surface area contributed by atoms with Crippen molar-refractivity contribution in [2.45, 2.75) is 33.0 Å². The fraction of sp³-hybridized carbons (Fsp3) is 0.227. The lowest BCUT2D eigenvalue weighted by atomic mass is 10.1. The zero-order chi connectivity index (χ0) is 21.5. The van der Waals surface area contributed by atoms with Crippen molar-refractivity contribution in [1.82, 2.24) is 15.6 Å². The minimum atomic E-state index is -0.520. The molecule has 0 bridgehead atoms. The number of oxazole rings is 1. The monoisotopic (exact) mass is 411 g/mol. The Morgan fingerprint density at radius 2 is 1.80 bits per heavy atom. The van der Waals surface area contributed by atoms with Crippen molar-refractivity contribution in [3.05, 3.63) is 77.6 Å². The number of carbonyl (C=O) groups excluding carboxylic acids is 2. The fourth-order valence-corrected chi connectivity index (χ4v) is 2.59. The second-order valence-electron chi connectivity index (χ2n) is 6.88. The molecule has 0 aliphatic rings. The van der Waals surface area contributed by atoms with Gasteiger partial charge in [0.05, 0.1) is 11.8 Å². The van der Waals surface area contributed by atoms with Crippen LogP contribution in [-0.2, 0) is 17.9 Å². The predicted molar refractivity (Wildman–Crippen MR) is 108 cm³/mol. The molecular weight excluding hydrogens is 389 g/mol. The van der Waals surface area contributed by atoms with Crippen LogP contribution in [0.5, 0.6) is 0 Å². The van der Waals surface area contributed by atoms with Crippen LogP contribution in [0.3, 0.4) is 0 Å². The third kappa shape index (κ3) is 5.91. The third-order valence-electron chi connectivity index (χ3n) is 4.07. The van der Waals surface area contributed by atoms with Crippen molar-refractivity contribution in [2.75, 3.05) is 0 Å². The van der Waals surface area contributed by atoms with Crippen LogP contribution in [0, 0.1) is 5.82 Å². The van der Waals surface area contributed by atoms with Gasteiger partial charge < -0.3 is 19.8 Å². The maximum Gasteiger partial charge on any atom is 0.338 e. The first-order valence-electron chi connectivity index (χ1n) is 9.42. The van der Waals surface area contributed by atoms with E-state index in [4.69, 9.17) is 9.15 Å². The number of nitrogens with one attached hydrogen (secondary N) is 2. The van der Waals surface area contributed by atoms with Gasteiger partial charge in [0.25, 0.3) is 0 Å². The molecule has 0 spiro atoms. The quantitative estimate of drug-likeness (QED) is 0.572. The Labute approximate surface area is 173 Å². The van der Waals surface area contributed by atoms with E-state index in [0.717, 1.165) is 5.56 Å². The SMILES string of the molecule is CC(C)NC(=O)NCc1ccc(C(=O)OCc2ncc(-c3ccc(F)cc3)o2)cc1. The van der Waals surface area contributed by atoms with Gasteiger partial charge in [-0.2, -0.15) is 0 Å². The van der Waals surface area contributed by atoms with E-state index in [-0.39, 0.29) is 30.4 Å². The lowest BCUT2D eigenvalue weighted by molar-refractivity contribution is 0.0439. The standard InChI is InChI=1S/C22H22FN3O4/c1-14(2)26-22(28)25-11-15-3-5-17(6-4-15)21(27)29-13-20-24-12-19(30-20)16-7-9-18(23)10-8-16/h3-10,12,14H,11,13H2,1-2H3,(H2,25,26,28). The van der Waals surface area contributed by atoms with Crippen molar-refractivity contribution in [2.24, 2.45) is 0 Å². The van der Waals surface area contributed by atoms with E-state index in [2.05, 4.69) is 15.6 Å². The Kier molecular flexibility index (Phi) is 6.79. The van der Waals surface area contributed by atoms with Gasteiger partial charge >= 0.3 is 12.0 Å². The van der Waals surface area contributed by atoms with Gasteiger partial charge in [-0.05, 0) is 55.8 Å². The summed E-state index contributed by atoms with van der Waals surface area (Å²) >= 11 is 0. The summed E-state index contributed by atoms with van der Waals surface area (Å²) in [6.07, 6.45) is 1.49. The molecule has 7 nitrogen and oxygen atoms in total. The fourth-order valence-electron chi connectivity index (χ4n) is 2.59. The van der Waals surface area contributed by atoms with E-state index in [1.165, 1.54) is 18.3 Å². The molecule has 3 rings (SSSR count). The summed E-state index contributed by atoms with van der Waals surface area (Å²) in [5.41, 5.74) is 1.89. The van der Waals surface area contributed by atoms with Gasteiger partial charge in [-0.3, -0.25) is 0 Å². The Morgan fingerprint density at radius 3 is 2.47 bits per heavy atom. The minimum absolute atomic E-state index is 0.0533. The maximum absolute atomic E-state index is 13.0. The number of urea groups is 1. The van der Waals surface area contributed by atoms with Crippen LogP contribution < -0.4 is 10.6 Å². The largest absolute Gasteiger partial charge is 0.452 e. The number of ether oxygens (including phenoxy) is 1. The molecule has 2 amide bonds. The molecular formula is C22H22FN3O4. The first kappa shape index (κ1) is 21.0. The molecule has 0 aliphatic carbocycles. The highest BCUT2D eigenvalue weighted by Gasteiger charge is 2.12. The van der Waals surface area contributed by atoms with Crippen LogP contribution in [0.25, 0.3) is 11.3 Å². The predicted octanol–water partition coefficient (Wildman–Crippen LogP) is 4.05. The number of benzene rings is 2. The second kappa shape index (κ2) is 9.69. The zero-order valence-electron chi connectivity index (χ0n) is 16.6. The molecule has 0 atom stereocenters. The van der Waals surface area contributed by atoms with Crippen LogP contribution >= 0.6 is 0 Å². The van der Waals surface area contributed by atoms with E-state index in [0.29, 0.717) is 23.4 Å². The summed E-state index contributed by atoms with van der Waals surface area (Å²) in [7, 11) is 0. The number of nitrogens with zero attached hydrogens (tertiary/aromatic N) is 1. The zero-order valence-corrected chi connectivity index (χ0v) is 16.6. The molecule has 1 heterocycles. The maximum atomic E-state index is 13.0. The molecule has 2 N–H and O–H groups in total. The Morgan fingerprint density at radius 1 is 1.10 bits per heavy atom. The summed E-state index contributed by atoms with van der Waals surface area (Å²) in [5.74, 6) is -0.166. The molecule has 30 heavy (non-hydrogen) atoms. The van der Waals surface area contributed by atoms with Crippen LogP contribution in [0.15, 0.2) is 59.1 Å². The van der Waals surface area contributed by atoms with E-state index in [1.807, 2.05) is 13.8 Å². The summed E-state index contributed by atoms with van der Waals surface area (Å²) in [6, 6.07) is 12.3. The molecule has 156 valence electrons. The number of aromatic nitrogens is 1. The number of carbonyl (C=O) groups is 2. The number of esters is 1. The van der Waals surface area contributed by atoms with Crippen molar-refractivity contribution in [1.29, 1.82) is 0 Å². The molecule has 8 heteroatoms. The average molecular weight is 411 g/mol. The van der Waals surface area contributed by atoms with Gasteiger partial charge in [0, 0.05) is 18.2 Å². The molecule has 3 aromatic rings. The molecule has 2 aromatic carbocycles. The van der Waals surface area contributed by atoms with Crippen LogP contribution in [0.2, 0.25) is 0 Å². The van der Waals surface area contributed by atoms with Gasteiger partial charge in [0.2, 0.25) is 5.89 Å². The Hall–Kier alpha value is -3.68. The molecule has 0 unspecified atom stereocenters. The van der Waals surface area contributed by atoms with Gasteiger partial charge in [-0.15, -0.1) is 0 Å². The topological polar surface area (TPSA) is 93.5 Å². The first-order valence-corrected chi connectivity index (χ1v) is 9.42. The molecule has 1 aromatic heterocycles. The Bertz CT molecular complexity index is 998. The summed E-state index contributed by atoms with van der Waals surface area (Å²) < 4.78 is 23.8. The minimum Gasteiger partial charge on any atom is -0.452 e. The van der Waals surface area contributed by atoms with Gasteiger partial charge in [0.1, 0.15) is 5.82 Å². The van der Waals surface area contributed by atoms with E-state index < -0.39 is 5.97 Å². The molecule has 0 fully saturated rings. The van der Waals surface area contributed by atoms with E-state index in [9.17, 15) is 14.0 Å². The number of halogens is 1. The highest BCUT2D eigenvalue weighted by atomic mass is 19.1. The number of amides is 2. The molecule has 0 radical (unpaired) electrons. The highest BCUT2D eigenvalue weighted by Crippen LogP contribution is 2.21. The highest BCUT2D eigenvalue weighted by molar-refractivity contribution is 5.89. The normalized spacial score (nSPS) is 10.7. The molecule has 0 saturated carbocycles. The van der Waals surface area contributed by atoms with Crippen molar-refractivity contribution in [3.8, 4) is 11.3 Å². The average Bonchev–Trinajstić information content (AvgIpc) is 3.20. The summed E-state index contributed by atoms with van der Waals surface area (Å²) in [5, 5.41) is 5.47. The Balaban J connectivity index is 1.50. The summed E-state index contributed by atoms with van der Waals surface area (Å²) in [4.78, 5) is 27.9. The van der Waals surface area contributed by atoms with Crippen molar-refractivity contribution < 1.29 is 23.1 Å². The van der Waals surface area contributed by atoms with Crippen LogP contribution in [-0.4, -0.2) is 23.0 Å². The van der Waals surface area contributed by atoms with Crippen LogP contribution in [0.4, 0.5) is 9.18 Å².